The van der Waals surface area contributed by atoms with Crippen molar-refractivity contribution in [3.8, 4) is 5.75 Å². The third-order valence-corrected chi connectivity index (χ3v) is 3.90. The lowest BCUT2D eigenvalue weighted by atomic mass is 9.98. The van der Waals surface area contributed by atoms with Gasteiger partial charge in [-0.15, -0.1) is 0 Å². The van der Waals surface area contributed by atoms with E-state index in [2.05, 4.69) is 5.32 Å². The van der Waals surface area contributed by atoms with Crippen molar-refractivity contribution in [1.29, 1.82) is 0 Å². The maximum absolute atomic E-state index is 12.7. The minimum absolute atomic E-state index is 0.237. The van der Waals surface area contributed by atoms with E-state index in [1.54, 1.807) is 12.1 Å². The molecule has 0 aromatic heterocycles. The van der Waals surface area contributed by atoms with Gasteiger partial charge in [0.15, 0.2) is 0 Å². The number of rotatable bonds is 6. The summed E-state index contributed by atoms with van der Waals surface area (Å²) in [6.45, 7) is 0. The topological polar surface area (TPSA) is 78.8 Å². The Morgan fingerprint density at radius 2 is 1.31 bits per heavy atom. The van der Waals surface area contributed by atoms with E-state index >= 15 is 0 Å². The van der Waals surface area contributed by atoms with Crippen molar-refractivity contribution in [2.24, 2.45) is 0 Å². The van der Waals surface area contributed by atoms with E-state index < -0.39 is 7.32 Å². The average Bonchev–Trinajstić information content (AvgIpc) is 2.67. The zero-order valence-corrected chi connectivity index (χ0v) is 13.9. The molecule has 5 nitrogen and oxygen atoms in total. The van der Waals surface area contributed by atoms with E-state index in [-0.39, 0.29) is 17.7 Å². The van der Waals surface area contributed by atoms with Crippen molar-refractivity contribution in [2.75, 3.05) is 0 Å². The first-order chi connectivity index (χ1) is 12.6. The number of hydrogen-bond donors (Lipinski definition) is 3. The summed E-state index contributed by atoms with van der Waals surface area (Å²) < 4.78 is 4.75. The van der Waals surface area contributed by atoms with Gasteiger partial charge in [-0.2, -0.15) is 0 Å². The molecule has 0 unspecified atom stereocenters. The monoisotopic (exact) mass is 347 g/mol. The van der Waals surface area contributed by atoms with Crippen LogP contribution in [0.2, 0.25) is 0 Å². The lowest BCUT2D eigenvalue weighted by Crippen LogP contribution is -2.29. The van der Waals surface area contributed by atoms with Crippen molar-refractivity contribution < 1.29 is 19.5 Å². The van der Waals surface area contributed by atoms with Crippen LogP contribution in [0, 0.1) is 0 Å². The molecule has 0 saturated heterocycles. The Morgan fingerprint density at radius 3 is 1.77 bits per heavy atom. The third-order valence-electron chi connectivity index (χ3n) is 3.90. The summed E-state index contributed by atoms with van der Waals surface area (Å²) in [5.74, 6) is 0.0259. The number of hydrogen-bond acceptors (Lipinski definition) is 4. The first kappa shape index (κ1) is 17.7. The van der Waals surface area contributed by atoms with E-state index in [9.17, 15) is 4.79 Å². The van der Waals surface area contributed by atoms with Gasteiger partial charge in [0, 0.05) is 5.56 Å². The number of carbonyl (C=O) groups excluding carboxylic acids is 1. The van der Waals surface area contributed by atoms with Crippen LogP contribution < -0.4 is 9.97 Å². The fraction of sp³-hybridized carbons (Fsp3) is 0.0500. The van der Waals surface area contributed by atoms with Gasteiger partial charge in [0.1, 0.15) is 5.75 Å². The zero-order valence-electron chi connectivity index (χ0n) is 13.9. The van der Waals surface area contributed by atoms with Crippen LogP contribution in [0.5, 0.6) is 5.75 Å². The van der Waals surface area contributed by atoms with E-state index in [4.69, 9.17) is 14.7 Å². The summed E-state index contributed by atoms with van der Waals surface area (Å²) >= 11 is 0. The minimum Gasteiger partial charge on any atom is -0.512 e. The highest BCUT2D eigenvalue weighted by Gasteiger charge is 2.18. The van der Waals surface area contributed by atoms with Gasteiger partial charge in [-0.25, -0.2) is 0 Å². The first-order valence-corrected chi connectivity index (χ1v) is 8.17. The van der Waals surface area contributed by atoms with Crippen LogP contribution in [0.3, 0.4) is 0 Å². The smallest absolute Gasteiger partial charge is 0.512 e. The van der Waals surface area contributed by atoms with Crippen LogP contribution in [0.15, 0.2) is 84.9 Å². The predicted molar refractivity (Wildman–Crippen MR) is 99.5 cm³/mol. The van der Waals surface area contributed by atoms with Crippen molar-refractivity contribution in [1.82, 2.24) is 5.32 Å². The Kier molecular flexibility index (Phi) is 5.68. The van der Waals surface area contributed by atoms with Gasteiger partial charge in [0.25, 0.3) is 5.91 Å². The molecular formula is C20H18BNO4. The lowest BCUT2D eigenvalue weighted by Gasteiger charge is -2.20. The molecule has 3 N–H and O–H groups in total. The summed E-state index contributed by atoms with van der Waals surface area (Å²) in [6.07, 6.45) is 0. The Morgan fingerprint density at radius 1 is 0.808 bits per heavy atom. The standard InChI is InChI=1S/C20H18BNO4/c23-20(17-11-13-18(14-12-17)26-21(24)25)22-19(15-7-3-1-4-8-15)16-9-5-2-6-10-16/h1-14,19,24-25H,(H,22,23). The number of carbonyl (C=O) groups is 1. The normalized spacial score (nSPS) is 10.4. The molecule has 0 bridgehead atoms. The molecule has 1 amide bonds. The molecule has 0 saturated carbocycles. The minimum atomic E-state index is -1.89. The van der Waals surface area contributed by atoms with Gasteiger partial charge in [0.05, 0.1) is 6.04 Å². The zero-order chi connectivity index (χ0) is 18.4. The molecule has 0 atom stereocenters. The molecule has 0 spiro atoms. The van der Waals surface area contributed by atoms with E-state index in [1.807, 2.05) is 60.7 Å². The van der Waals surface area contributed by atoms with Gasteiger partial charge in [0.2, 0.25) is 0 Å². The second-order valence-corrected chi connectivity index (χ2v) is 5.70. The quantitative estimate of drug-likeness (QED) is 0.599. The van der Waals surface area contributed by atoms with Crippen LogP contribution in [-0.4, -0.2) is 23.3 Å². The van der Waals surface area contributed by atoms with Gasteiger partial charge < -0.3 is 20.0 Å². The highest BCUT2D eigenvalue weighted by molar-refractivity contribution is 6.33. The van der Waals surface area contributed by atoms with Crippen LogP contribution in [-0.2, 0) is 0 Å². The largest absolute Gasteiger partial charge is 0.707 e. The summed E-state index contributed by atoms with van der Waals surface area (Å²) in [6, 6.07) is 25.4. The van der Waals surface area contributed by atoms with Crippen LogP contribution in [0.4, 0.5) is 0 Å². The van der Waals surface area contributed by atoms with Gasteiger partial charge in [-0.05, 0) is 35.4 Å². The third kappa shape index (κ3) is 4.50. The van der Waals surface area contributed by atoms with Crippen molar-refractivity contribution in [2.45, 2.75) is 6.04 Å². The summed E-state index contributed by atoms with van der Waals surface area (Å²) in [4.78, 5) is 12.7. The van der Waals surface area contributed by atoms with E-state index in [0.717, 1.165) is 11.1 Å². The Bertz CT molecular complexity index is 799. The van der Waals surface area contributed by atoms with Crippen LogP contribution >= 0.6 is 0 Å². The average molecular weight is 347 g/mol. The molecular weight excluding hydrogens is 329 g/mol. The van der Waals surface area contributed by atoms with Crippen molar-refractivity contribution >= 4 is 13.2 Å². The Hall–Kier alpha value is -3.09. The SMILES string of the molecule is O=C(NC(c1ccccc1)c1ccccc1)c1ccc(OB(O)O)cc1. The number of amides is 1. The van der Waals surface area contributed by atoms with E-state index in [0.29, 0.717) is 5.56 Å². The molecule has 3 aromatic carbocycles. The van der Waals surface area contributed by atoms with Gasteiger partial charge >= 0.3 is 7.32 Å². The molecule has 3 aromatic rings. The van der Waals surface area contributed by atoms with Gasteiger partial charge in [-0.3, -0.25) is 4.79 Å². The molecule has 0 aliphatic heterocycles. The first-order valence-electron chi connectivity index (χ1n) is 8.17. The lowest BCUT2D eigenvalue weighted by molar-refractivity contribution is 0.0943. The van der Waals surface area contributed by atoms with Crippen molar-refractivity contribution in [3.05, 3.63) is 102 Å². The molecule has 0 fully saturated rings. The molecule has 130 valence electrons. The summed E-state index contributed by atoms with van der Waals surface area (Å²) in [5.41, 5.74) is 2.41. The molecule has 6 heteroatoms. The van der Waals surface area contributed by atoms with Gasteiger partial charge in [-0.1, -0.05) is 60.7 Å². The number of nitrogens with one attached hydrogen (secondary N) is 1. The fourth-order valence-corrected chi connectivity index (χ4v) is 2.67. The van der Waals surface area contributed by atoms with Crippen molar-refractivity contribution in [3.63, 3.8) is 0 Å². The molecule has 0 radical (unpaired) electrons. The van der Waals surface area contributed by atoms with Crippen LogP contribution in [0.1, 0.15) is 27.5 Å². The predicted octanol–water partition coefficient (Wildman–Crippen LogP) is 2.55. The number of benzene rings is 3. The Balaban J connectivity index is 1.81. The fourth-order valence-electron chi connectivity index (χ4n) is 2.67. The maximum Gasteiger partial charge on any atom is 0.707 e. The highest BCUT2D eigenvalue weighted by Crippen LogP contribution is 2.22. The second kappa shape index (κ2) is 8.33. The Labute approximate surface area is 152 Å². The summed E-state index contributed by atoms with van der Waals surface area (Å²) in [7, 11) is -1.89. The molecule has 26 heavy (non-hydrogen) atoms. The van der Waals surface area contributed by atoms with E-state index in [1.165, 1.54) is 12.1 Å². The molecule has 0 heterocycles. The molecule has 0 aliphatic rings. The molecule has 0 aliphatic carbocycles. The highest BCUT2D eigenvalue weighted by atomic mass is 16.6. The van der Waals surface area contributed by atoms with Crippen LogP contribution in [0.25, 0.3) is 0 Å². The summed E-state index contributed by atoms with van der Waals surface area (Å²) in [5, 5.41) is 20.7. The molecule has 3 rings (SSSR count). The second-order valence-electron chi connectivity index (χ2n) is 5.70. The maximum atomic E-state index is 12.7.